The Morgan fingerprint density at radius 3 is 2.71 bits per heavy atom. The molecule has 17 heavy (non-hydrogen) atoms. The lowest BCUT2D eigenvalue weighted by Crippen LogP contribution is -2.29. The molecular weight excluding hydrogens is 222 g/mol. The zero-order valence-electron chi connectivity index (χ0n) is 9.34. The fourth-order valence-corrected chi connectivity index (χ4v) is 1.56. The number of aromatic nitrogens is 2. The van der Waals surface area contributed by atoms with Crippen LogP contribution in [0.5, 0.6) is 0 Å². The number of nitrogens with zero attached hydrogens (tertiary/aromatic N) is 3. The number of carbonyl (C=O) groups excluding carboxylic acids is 2. The first kappa shape index (κ1) is 11.5. The van der Waals surface area contributed by atoms with Gasteiger partial charge in [-0.15, -0.1) is 0 Å². The summed E-state index contributed by atoms with van der Waals surface area (Å²) in [7, 11) is 1.55. The Labute approximate surface area is 97.8 Å². The Hall–Kier alpha value is -1.95. The van der Waals surface area contributed by atoms with Crippen LogP contribution in [0.25, 0.3) is 0 Å². The number of Topliss-reactive ketones (excluding diaryl/α,β-unsaturated/α-hetero) is 2. The third kappa shape index (κ3) is 2.26. The van der Waals surface area contributed by atoms with E-state index in [1.165, 1.54) is 12.4 Å². The van der Waals surface area contributed by atoms with Crippen molar-refractivity contribution in [2.45, 2.75) is 6.42 Å². The summed E-state index contributed by atoms with van der Waals surface area (Å²) in [5.41, 5.74) is 0.475. The molecule has 0 saturated heterocycles. The van der Waals surface area contributed by atoms with E-state index < -0.39 is 0 Å². The highest BCUT2D eigenvalue weighted by Crippen LogP contribution is 2.15. The van der Waals surface area contributed by atoms with Crippen molar-refractivity contribution in [3.05, 3.63) is 23.8 Å². The maximum Gasteiger partial charge on any atom is 0.227 e. The second-order valence-corrected chi connectivity index (χ2v) is 3.50. The van der Waals surface area contributed by atoms with E-state index in [0.29, 0.717) is 13.2 Å². The quantitative estimate of drug-likeness (QED) is 0.703. The lowest BCUT2D eigenvalue weighted by Gasteiger charge is -2.12. The van der Waals surface area contributed by atoms with Gasteiger partial charge in [0.25, 0.3) is 0 Å². The monoisotopic (exact) mass is 233 g/mol. The number of ether oxygens (including phenoxy) is 1. The third-order valence-corrected chi connectivity index (χ3v) is 2.37. The van der Waals surface area contributed by atoms with E-state index >= 15 is 0 Å². The van der Waals surface area contributed by atoms with Gasteiger partial charge in [-0.3, -0.25) is 14.6 Å². The van der Waals surface area contributed by atoms with E-state index in [9.17, 15) is 9.59 Å². The molecule has 0 fully saturated rings. The largest absolute Gasteiger partial charge is 0.383 e. The van der Waals surface area contributed by atoms with Gasteiger partial charge in [-0.25, -0.2) is 9.97 Å². The number of hydrogen-bond donors (Lipinski definition) is 0. The van der Waals surface area contributed by atoms with Crippen molar-refractivity contribution < 1.29 is 14.3 Å². The van der Waals surface area contributed by atoms with E-state index in [2.05, 4.69) is 15.0 Å². The molecule has 1 heterocycles. The van der Waals surface area contributed by atoms with Crippen LogP contribution in [-0.2, 0) is 4.74 Å². The fourth-order valence-electron chi connectivity index (χ4n) is 1.56. The molecule has 1 aromatic heterocycles. The number of rotatable bonds is 3. The standard InChI is InChI=1S/C11H11N3O3/c1-17-5-4-12-7-6-8(15)9-10(11(7)16)14-3-2-13-9/h2-3H,4-6H2,1H3. The van der Waals surface area contributed by atoms with Crippen molar-refractivity contribution in [1.29, 1.82) is 0 Å². The average Bonchev–Trinajstić information content (AvgIpc) is 2.36. The van der Waals surface area contributed by atoms with Crippen LogP contribution in [0.15, 0.2) is 17.4 Å². The van der Waals surface area contributed by atoms with Gasteiger partial charge >= 0.3 is 0 Å². The molecule has 0 unspecified atom stereocenters. The minimum atomic E-state index is -0.316. The van der Waals surface area contributed by atoms with Gasteiger partial charge in [0.1, 0.15) is 11.4 Å². The number of ketones is 2. The highest BCUT2D eigenvalue weighted by Gasteiger charge is 2.31. The number of methoxy groups -OCH3 is 1. The molecule has 1 aliphatic rings. The maximum absolute atomic E-state index is 11.9. The molecule has 6 nitrogen and oxygen atoms in total. The van der Waals surface area contributed by atoms with E-state index in [1.807, 2.05) is 0 Å². The van der Waals surface area contributed by atoms with Crippen LogP contribution in [0.2, 0.25) is 0 Å². The van der Waals surface area contributed by atoms with Crippen molar-refractivity contribution in [3.63, 3.8) is 0 Å². The Kier molecular flexibility index (Phi) is 3.34. The summed E-state index contributed by atoms with van der Waals surface area (Å²) in [6.07, 6.45) is 2.79. The number of carbonyl (C=O) groups is 2. The Balaban J connectivity index is 2.30. The summed E-state index contributed by atoms with van der Waals surface area (Å²) < 4.78 is 4.83. The predicted molar refractivity (Wildman–Crippen MR) is 59.5 cm³/mol. The van der Waals surface area contributed by atoms with Crippen LogP contribution in [-0.4, -0.2) is 47.5 Å². The Morgan fingerprint density at radius 1 is 1.29 bits per heavy atom. The number of fused-ring (bicyclic) bond motifs is 1. The van der Waals surface area contributed by atoms with Crippen molar-refractivity contribution in [1.82, 2.24) is 9.97 Å². The summed E-state index contributed by atoms with van der Waals surface area (Å²) in [5.74, 6) is -0.535. The van der Waals surface area contributed by atoms with Crippen molar-refractivity contribution in [2.75, 3.05) is 20.3 Å². The van der Waals surface area contributed by atoms with Gasteiger partial charge in [0.15, 0.2) is 5.78 Å². The zero-order chi connectivity index (χ0) is 12.3. The molecule has 2 rings (SSSR count). The molecule has 0 saturated carbocycles. The Morgan fingerprint density at radius 2 is 2.00 bits per heavy atom. The summed E-state index contributed by atoms with van der Waals surface area (Å²) in [5, 5.41) is 0. The molecule has 0 aromatic carbocycles. The van der Waals surface area contributed by atoms with Crippen molar-refractivity contribution in [2.24, 2.45) is 4.99 Å². The molecule has 1 aliphatic carbocycles. The molecule has 0 N–H and O–H groups in total. The van der Waals surface area contributed by atoms with E-state index in [0.717, 1.165) is 0 Å². The normalized spacial score (nSPS) is 17.4. The van der Waals surface area contributed by atoms with Gasteiger partial charge < -0.3 is 4.74 Å². The molecule has 88 valence electrons. The SMILES string of the molecule is COCCN=C1CC(=O)c2nccnc2C1=O. The van der Waals surface area contributed by atoms with Crippen LogP contribution in [0.1, 0.15) is 27.4 Å². The van der Waals surface area contributed by atoms with Crippen molar-refractivity contribution >= 4 is 17.3 Å². The molecule has 0 amide bonds. The topological polar surface area (TPSA) is 81.5 Å². The molecule has 1 aromatic rings. The van der Waals surface area contributed by atoms with E-state index in [-0.39, 0.29) is 35.1 Å². The number of hydrogen-bond acceptors (Lipinski definition) is 6. The van der Waals surface area contributed by atoms with Gasteiger partial charge in [0.05, 0.1) is 25.3 Å². The first-order valence-electron chi connectivity index (χ1n) is 5.15. The molecule has 0 radical (unpaired) electrons. The van der Waals surface area contributed by atoms with Gasteiger partial charge in [0.2, 0.25) is 5.78 Å². The Bertz CT molecular complexity index is 496. The zero-order valence-corrected chi connectivity index (χ0v) is 9.34. The van der Waals surface area contributed by atoms with E-state index in [1.54, 1.807) is 7.11 Å². The minimum absolute atomic E-state index is 0.00571. The van der Waals surface area contributed by atoms with Crippen LogP contribution >= 0.6 is 0 Å². The van der Waals surface area contributed by atoms with Gasteiger partial charge in [-0.2, -0.15) is 0 Å². The molecule has 0 spiro atoms. The summed E-state index contributed by atoms with van der Waals surface area (Å²) in [4.78, 5) is 35.4. The fraction of sp³-hybridized carbons (Fsp3) is 0.364. The second-order valence-electron chi connectivity index (χ2n) is 3.50. The van der Waals surface area contributed by atoms with Gasteiger partial charge in [0, 0.05) is 19.5 Å². The minimum Gasteiger partial charge on any atom is -0.383 e. The third-order valence-electron chi connectivity index (χ3n) is 2.37. The van der Waals surface area contributed by atoms with Crippen LogP contribution in [0.4, 0.5) is 0 Å². The predicted octanol–water partition coefficient (Wildman–Crippen LogP) is 0.333. The molecule has 6 heteroatoms. The summed E-state index contributed by atoms with van der Waals surface area (Å²) in [6, 6.07) is 0. The number of aliphatic imine (C=N–C) groups is 1. The van der Waals surface area contributed by atoms with Gasteiger partial charge in [-0.1, -0.05) is 0 Å². The molecular formula is C11H11N3O3. The molecule has 0 bridgehead atoms. The first-order valence-corrected chi connectivity index (χ1v) is 5.15. The highest BCUT2D eigenvalue weighted by atomic mass is 16.5. The van der Waals surface area contributed by atoms with Crippen molar-refractivity contribution in [3.8, 4) is 0 Å². The highest BCUT2D eigenvalue weighted by molar-refractivity contribution is 6.52. The smallest absolute Gasteiger partial charge is 0.227 e. The van der Waals surface area contributed by atoms with Crippen LogP contribution < -0.4 is 0 Å². The maximum atomic E-state index is 11.9. The lowest BCUT2D eigenvalue weighted by atomic mass is 9.96. The first-order chi connectivity index (χ1) is 8.24. The average molecular weight is 233 g/mol. The summed E-state index contributed by atoms with van der Waals surface area (Å²) >= 11 is 0. The molecule has 0 aliphatic heterocycles. The summed E-state index contributed by atoms with van der Waals surface area (Å²) in [6.45, 7) is 0.777. The van der Waals surface area contributed by atoms with E-state index in [4.69, 9.17) is 4.74 Å². The van der Waals surface area contributed by atoms with Gasteiger partial charge in [-0.05, 0) is 0 Å². The molecule has 0 atom stereocenters. The lowest BCUT2D eigenvalue weighted by molar-refractivity contribution is 0.0957. The van der Waals surface area contributed by atoms with Crippen LogP contribution in [0, 0.1) is 0 Å². The second kappa shape index (κ2) is 4.92. The van der Waals surface area contributed by atoms with Crippen LogP contribution in [0.3, 0.4) is 0 Å².